The van der Waals surface area contributed by atoms with Gasteiger partial charge in [-0.1, -0.05) is 6.92 Å². The predicted molar refractivity (Wildman–Crippen MR) is 70.4 cm³/mol. The summed E-state index contributed by atoms with van der Waals surface area (Å²) in [5, 5.41) is 7.57. The molecule has 5 nitrogen and oxygen atoms in total. The quantitative estimate of drug-likeness (QED) is 0.942. The van der Waals surface area contributed by atoms with Crippen LogP contribution in [0, 0.1) is 6.92 Å². The molecule has 0 aromatic carbocycles. The molecule has 0 fully saturated rings. The molecule has 0 atom stereocenters. The molecule has 0 saturated carbocycles. The molecular formula is C11H14BrN5. The molecule has 2 heterocycles. The van der Waals surface area contributed by atoms with Crippen LogP contribution in [0.4, 0.5) is 5.82 Å². The van der Waals surface area contributed by atoms with Crippen molar-refractivity contribution >= 4 is 21.7 Å². The molecule has 0 aliphatic carbocycles. The van der Waals surface area contributed by atoms with E-state index in [1.807, 2.05) is 19.2 Å². The van der Waals surface area contributed by atoms with E-state index in [1.165, 1.54) is 6.33 Å². The van der Waals surface area contributed by atoms with Gasteiger partial charge in [0.25, 0.3) is 0 Å². The summed E-state index contributed by atoms with van der Waals surface area (Å²) in [5.41, 5.74) is 0.957. The number of hydrogen-bond acceptors (Lipinski definition) is 4. The third-order valence-corrected chi connectivity index (χ3v) is 2.98. The highest BCUT2D eigenvalue weighted by Crippen LogP contribution is 2.24. The van der Waals surface area contributed by atoms with Gasteiger partial charge in [-0.15, -0.1) is 0 Å². The second kappa shape index (κ2) is 5.27. The third kappa shape index (κ3) is 2.63. The molecule has 1 N–H and O–H groups in total. The lowest BCUT2D eigenvalue weighted by Crippen LogP contribution is -2.07. The van der Waals surface area contributed by atoms with Crippen molar-refractivity contribution in [1.29, 1.82) is 0 Å². The summed E-state index contributed by atoms with van der Waals surface area (Å²) in [6, 6.07) is 1.94. The Morgan fingerprint density at radius 3 is 2.88 bits per heavy atom. The first kappa shape index (κ1) is 12.0. The van der Waals surface area contributed by atoms with Gasteiger partial charge >= 0.3 is 0 Å². The molecule has 17 heavy (non-hydrogen) atoms. The van der Waals surface area contributed by atoms with Crippen LogP contribution < -0.4 is 5.32 Å². The highest BCUT2D eigenvalue weighted by molar-refractivity contribution is 9.10. The fraction of sp³-hybridized carbons (Fsp3) is 0.364. The Morgan fingerprint density at radius 2 is 2.24 bits per heavy atom. The van der Waals surface area contributed by atoms with E-state index in [-0.39, 0.29) is 0 Å². The van der Waals surface area contributed by atoms with Crippen molar-refractivity contribution in [2.45, 2.75) is 20.3 Å². The zero-order chi connectivity index (χ0) is 12.3. The highest BCUT2D eigenvalue weighted by Gasteiger charge is 2.10. The predicted octanol–water partition coefficient (Wildman–Crippen LogP) is 2.56. The zero-order valence-corrected chi connectivity index (χ0v) is 11.4. The Kier molecular flexibility index (Phi) is 3.73. The van der Waals surface area contributed by atoms with Gasteiger partial charge < -0.3 is 5.32 Å². The standard InChI is InChI=1S/C11H14BrN5/c1-3-5-13-10-9(12)11(15-7-14-10)17-6-4-8(2)16-17/h4,6-7H,3,5H2,1-2H3,(H,13,14,15). The number of nitrogens with zero attached hydrogens (tertiary/aromatic N) is 4. The van der Waals surface area contributed by atoms with E-state index in [2.05, 4.69) is 43.2 Å². The molecule has 0 aliphatic heterocycles. The van der Waals surface area contributed by atoms with Crippen LogP contribution in [0.3, 0.4) is 0 Å². The molecule has 2 rings (SSSR count). The smallest absolute Gasteiger partial charge is 0.173 e. The minimum absolute atomic E-state index is 0.742. The molecule has 90 valence electrons. The Morgan fingerprint density at radius 1 is 1.41 bits per heavy atom. The number of rotatable bonds is 4. The third-order valence-electron chi connectivity index (χ3n) is 2.25. The van der Waals surface area contributed by atoms with Gasteiger partial charge in [-0.2, -0.15) is 5.10 Å². The summed E-state index contributed by atoms with van der Waals surface area (Å²) in [5.74, 6) is 1.54. The van der Waals surface area contributed by atoms with Crippen molar-refractivity contribution in [3.05, 3.63) is 28.8 Å². The SMILES string of the molecule is CCCNc1ncnc(-n2ccc(C)n2)c1Br. The molecule has 0 aliphatic rings. The summed E-state index contributed by atoms with van der Waals surface area (Å²) < 4.78 is 2.56. The number of aromatic nitrogens is 4. The van der Waals surface area contributed by atoms with E-state index in [9.17, 15) is 0 Å². The van der Waals surface area contributed by atoms with Crippen molar-refractivity contribution in [3.63, 3.8) is 0 Å². The van der Waals surface area contributed by atoms with Gasteiger partial charge in [-0.3, -0.25) is 0 Å². The average molecular weight is 296 g/mol. The lowest BCUT2D eigenvalue weighted by Gasteiger charge is -2.09. The minimum atomic E-state index is 0.742. The maximum Gasteiger partial charge on any atom is 0.173 e. The molecule has 0 unspecified atom stereocenters. The van der Waals surface area contributed by atoms with Crippen molar-refractivity contribution in [1.82, 2.24) is 19.7 Å². The maximum atomic E-state index is 4.33. The van der Waals surface area contributed by atoms with E-state index < -0.39 is 0 Å². The van der Waals surface area contributed by atoms with Gasteiger partial charge in [-0.25, -0.2) is 14.6 Å². The first-order chi connectivity index (χ1) is 8.22. The molecule has 0 radical (unpaired) electrons. The average Bonchev–Trinajstić information content (AvgIpc) is 2.74. The van der Waals surface area contributed by atoms with Crippen molar-refractivity contribution in [3.8, 4) is 5.82 Å². The maximum absolute atomic E-state index is 4.33. The van der Waals surface area contributed by atoms with Crippen LogP contribution in [0.5, 0.6) is 0 Å². The van der Waals surface area contributed by atoms with Crippen molar-refractivity contribution in [2.75, 3.05) is 11.9 Å². The van der Waals surface area contributed by atoms with Gasteiger partial charge in [-0.05, 0) is 35.3 Å². The first-order valence-electron chi connectivity index (χ1n) is 5.49. The van der Waals surface area contributed by atoms with Crippen LogP contribution >= 0.6 is 15.9 Å². The number of aryl methyl sites for hydroxylation is 1. The molecule has 0 amide bonds. The molecule has 2 aromatic heterocycles. The Bertz CT molecular complexity index is 508. The topological polar surface area (TPSA) is 55.6 Å². The normalized spacial score (nSPS) is 10.5. The minimum Gasteiger partial charge on any atom is -0.369 e. The summed E-state index contributed by atoms with van der Waals surface area (Å²) in [7, 11) is 0. The second-order valence-corrected chi connectivity index (χ2v) is 4.48. The Hall–Kier alpha value is -1.43. The van der Waals surface area contributed by atoms with E-state index in [0.29, 0.717) is 0 Å². The second-order valence-electron chi connectivity index (χ2n) is 3.69. The van der Waals surface area contributed by atoms with E-state index in [4.69, 9.17) is 0 Å². The summed E-state index contributed by atoms with van der Waals surface area (Å²) in [6.45, 7) is 4.94. The van der Waals surface area contributed by atoms with Crippen LogP contribution in [0.25, 0.3) is 5.82 Å². The van der Waals surface area contributed by atoms with E-state index >= 15 is 0 Å². The van der Waals surface area contributed by atoms with Crippen molar-refractivity contribution in [2.24, 2.45) is 0 Å². The van der Waals surface area contributed by atoms with Gasteiger partial charge in [0.2, 0.25) is 0 Å². The zero-order valence-electron chi connectivity index (χ0n) is 9.81. The molecule has 6 heteroatoms. The van der Waals surface area contributed by atoms with Gasteiger partial charge in [0.15, 0.2) is 5.82 Å². The van der Waals surface area contributed by atoms with Gasteiger partial charge in [0.1, 0.15) is 16.6 Å². The summed E-state index contributed by atoms with van der Waals surface area (Å²) in [4.78, 5) is 8.43. The number of anilines is 1. The summed E-state index contributed by atoms with van der Waals surface area (Å²) >= 11 is 3.51. The molecule has 0 bridgehead atoms. The van der Waals surface area contributed by atoms with Gasteiger partial charge in [0, 0.05) is 12.7 Å². The van der Waals surface area contributed by atoms with E-state index in [1.54, 1.807) is 4.68 Å². The largest absolute Gasteiger partial charge is 0.369 e. The molecule has 2 aromatic rings. The molecule has 0 spiro atoms. The number of hydrogen-bond donors (Lipinski definition) is 1. The highest BCUT2D eigenvalue weighted by atomic mass is 79.9. The first-order valence-corrected chi connectivity index (χ1v) is 6.28. The van der Waals surface area contributed by atoms with Crippen LogP contribution in [0.15, 0.2) is 23.1 Å². The van der Waals surface area contributed by atoms with Crippen LogP contribution in [-0.2, 0) is 0 Å². The van der Waals surface area contributed by atoms with Crippen LogP contribution in [-0.4, -0.2) is 26.3 Å². The Balaban J connectivity index is 2.35. The van der Waals surface area contributed by atoms with Crippen LogP contribution in [0.1, 0.15) is 19.0 Å². The molecule has 0 saturated heterocycles. The van der Waals surface area contributed by atoms with Crippen molar-refractivity contribution < 1.29 is 0 Å². The van der Waals surface area contributed by atoms with E-state index in [0.717, 1.165) is 34.8 Å². The molecular weight excluding hydrogens is 282 g/mol. The fourth-order valence-corrected chi connectivity index (χ4v) is 1.95. The van der Waals surface area contributed by atoms with Crippen LogP contribution in [0.2, 0.25) is 0 Å². The lowest BCUT2D eigenvalue weighted by molar-refractivity contribution is 0.819. The number of halogens is 1. The lowest BCUT2D eigenvalue weighted by atomic mass is 10.4. The monoisotopic (exact) mass is 295 g/mol. The Labute approximate surface area is 108 Å². The number of nitrogens with one attached hydrogen (secondary N) is 1. The fourth-order valence-electron chi connectivity index (χ4n) is 1.42. The van der Waals surface area contributed by atoms with Gasteiger partial charge in [0.05, 0.1) is 5.69 Å². The summed E-state index contributed by atoms with van der Waals surface area (Å²) in [6.07, 6.45) is 4.47.